The Morgan fingerprint density at radius 3 is 2.65 bits per heavy atom. The topological polar surface area (TPSA) is 76.1 Å². The monoisotopic (exact) mass is 321 g/mol. The minimum absolute atomic E-state index is 0.0953. The molecule has 1 atom stereocenters. The first kappa shape index (κ1) is 17.1. The summed E-state index contributed by atoms with van der Waals surface area (Å²) in [5.41, 5.74) is 1.58. The predicted molar refractivity (Wildman–Crippen MR) is 84.6 cm³/mol. The van der Waals surface area contributed by atoms with Gasteiger partial charge in [-0.3, -0.25) is 0 Å². The van der Waals surface area contributed by atoms with E-state index < -0.39 is 11.6 Å². The highest BCUT2D eigenvalue weighted by molar-refractivity contribution is 5.70. The summed E-state index contributed by atoms with van der Waals surface area (Å²) in [6.45, 7) is 7.70. The van der Waals surface area contributed by atoms with Gasteiger partial charge in [0.15, 0.2) is 6.61 Å². The number of nitrogens with zero attached hydrogens (tertiary/aromatic N) is 1. The quantitative estimate of drug-likeness (QED) is 0.926. The number of benzene rings is 1. The van der Waals surface area contributed by atoms with Crippen molar-refractivity contribution in [1.29, 1.82) is 0 Å². The number of carbonyl (C=O) groups is 2. The molecule has 0 fully saturated rings. The van der Waals surface area contributed by atoms with E-state index in [1.807, 2.05) is 39.8 Å². The van der Waals surface area contributed by atoms with Crippen molar-refractivity contribution in [2.24, 2.45) is 0 Å². The number of amides is 1. The van der Waals surface area contributed by atoms with Crippen LogP contribution in [0.4, 0.5) is 4.79 Å². The van der Waals surface area contributed by atoms with Crippen LogP contribution in [-0.2, 0) is 16.0 Å². The van der Waals surface area contributed by atoms with E-state index in [0.717, 1.165) is 11.1 Å². The number of hydrogen-bond acceptors (Lipinski definition) is 4. The average molecular weight is 321 g/mol. The lowest BCUT2D eigenvalue weighted by molar-refractivity contribution is -0.139. The van der Waals surface area contributed by atoms with E-state index in [-0.39, 0.29) is 18.7 Å². The van der Waals surface area contributed by atoms with Crippen molar-refractivity contribution in [2.75, 3.05) is 13.2 Å². The lowest BCUT2D eigenvalue weighted by Crippen LogP contribution is -2.42. The van der Waals surface area contributed by atoms with E-state index in [0.29, 0.717) is 18.7 Å². The molecule has 0 saturated carbocycles. The Morgan fingerprint density at radius 1 is 1.35 bits per heavy atom. The molecule has 1 aliphatic rings. The van der Waals surface area contributed by atoms with Gasteiger partial charge < -0.3 is 19.5 Å². The van der Waals surface area contributed by atoms with Gasteiger partial charge in [0.2, 0.25) is 0 Å². The second-order valence-electron chi connectivity index (χ2n) is 6.64. The number of carboxylic acids is 1. The third-order valence-corrected chi connectivity index (χ3v) is 3.64. The molecule has 1 amide bonds. The van der Waals surface area contributed by atoms with Gasteiger partial charge in [-0.25, -0.2) is 9.59 Å². The minimum Gasteiger partial charge on any atom is -0.482 e. The summed E-state index contributed by atoms with van der Waals surface area (Å²) in [6.07, 6.45) is 0.366. The molecule has 1 heterocycles. The lowest BCUT2D eigenvalue weighted by Gasteiger charge is -2.36. The first-order valence-corrected chi connectivity index (χ1v) is 7.64. The SMILES string of the molecule is CC1c2ccc(OCC(=O)O)cc2CCN1C(=O)OC(C)(C)C. The van der Waals surface area contributed by atoms with Gasteiger partial charge in [-0.1, -0.05) is 6.07 Å². The second kappa shape index (κ2) is 6.48. The van der Waals surface area contributed by atoms with E-state index in [1.54, 1.807) is 11.0 Å². The third kappa shape index (κ3) is 4.37. The summed E-state index contributed by atoms with van der Waals surface area (Å²) in [4.78, 5) is 24.6. The Morgan fingerprint density at radius 2 is 2.04 bits per heavy atom. The third-order valence-electron chi connectivity index (χ3n) is 3.64. The van der Waals surface area contributed by atoms with Crippen LogP contribution >= 0.6 is 0 Å². The normalized spacial score (nSPS) is 17.4. The van der Waals surface area contributed by atoms with Gasteiger partial charge >= 0.3 is 12.1 Å². The predicted octanol–water partition coefficient (Wildman–Crippen LogP) is 3.00. The molecular formula is C17H23NO5. The fourth-order valence-electron chi connectivity index (χ4n) is 2.61. The number of rotatable bonds is 3. The summed E-state index contributed by atoms with van der Waals surface area (Å²) in [5.74, 6) is -0.476. The zero-order chi connectivity index (χ0) is 17.2. The van der Waals surface area contributed by atoms with Crippen LogP contribution in [0, 0.1) is 0 Å². The summed E-state index contributed by atoms with van der Waals surface area (Å²) >= 11 is 0. The van der Waals surface area contributed by atoms with Gasteiger partial charge in [-0.05, 0) is 57.4 Å². The zero-order valence-corrected chi connectivity index (χ0v) is 14.0. The van der Waals surface area contributed by atoms with Crippen LogP contribution in [0.3, 0.4) is 0 Å². The molecule has 1 aromatic rings. The van der Waals surface area contributed by atoms with Gasteiger partial charge in [-0.2, -0.15) is 0 Å². The van der Waals surface area contributed by atoms with Gasteiger partial charge in [0.05, 0.1) is 6.04 Å². The van der Waals surface area contributed by atoms with Crippen LogP contribution < -0.4 is 4.74 Å². The van der Waals surface area contributed by atoms with Crippen LogP contribution in [0.25, 0.3) is 0 Å². The van der Waals surface area contributed by atoms with E-state index in [9.17, 15) is 9.59 Å². The fourth-order valence-corrected chi connectivity index (χ4v) is 2.61. The van der Waals surface area contributed by atoms with Crippen molar-refractivity contribution < 1.29 is 24.2 Å². The maximum absolute atomic E-state index is 12.3. The molecule has 6 nitrogen and oxygen atoms in total. The van der Waals surface area contributed by atoms with Crippen LogP contribution in [-0.4, -0.2) is 40.8 Å². The Hall–Kier alpha value is -2.24. The number of fused-ring (bicyclic) bond motifs is 1. The van der Waals surface area contributed by atoms with Crippen LogP contribution in [0.5, 0.6) is 5.75 Å². The summed E-state index contributed by atoms with van der Waals surface area (Å²) in [5, 5.41) is 8.66. The number of aliphatic carboxylic acids is 1. The molecule has 0 saturated heterocycles. The highest BCUT2D eigenvalue weighted by Crippen LogP contribution is 2.32. The Labute approximate surface area is 136 Å². The molecule has 126 valence electrons. The maximum atomic E-state index is 12.3. The van der Waals surface area contributed by atoms with Crippen molar-refractivity contribution in [1.82, 2.24) is 4.90 Å². The van der Waals surface area contributed by atoms with Crippen LogP contribution in [0.2, 0.25) is 0 Å². The Bertz CT molecular complexity index is 605. The smallest absolute Gasteiger partial charge is 0.410 e. The highest BCUT2D eigenvalue weighted by Gasteiger charge is 2.31. The van der Waals surface area contributed by atoms with E-state index in [2.05, 4.69) is 0 Å². The van der Waals surface area contributed by atoms with Crippen molar-refractivity contribution >= 4 is 12.1 Å². The lowest BCUT2D eigenvalue weighted by atomic mass is 9.93. The Kier molecular flexibility index (Phi) is 4.82. The fraction of sp³-hybridized carbons (Fsp3) is 0.529. The molecule has 0 aliphatic carbocycles. The second-order valence-corrected chi connectivity index (χ2v) is 6.64. The number of hydrogen-bond donors (Lipinski definition) is 1. The van der Waals surface area contributed by atoms with Crippen LogP contribution in [0.15, 0.2) is 18.2 Å². The summed E-state index contributed by atoms with van der Waals surface area (Å²) < 4.78 is 10.7. The van der Waals surface area contributed by atoms with E-state index in [4.69, 9.17) is 14.6 Å². The maximum Gasteiger partial charge on any atom is 0.410 e. The van der Waals surface area contributed by atoms with Crippen molar-refractivity contribution in [3.8, 4) is 5.75 Å². The first-order chi connectivity index (χ1) is 10.7. The van der Waals surface area contributed by atoms with Crippen molar-refractivity contribution in [3.63, 3.8) is 0 Å². The molecule has 2 rings (SSSR count). The van der Waals surface area contributed by atoms with Gasteiger partial charge in [0, 0.05) is 6.54 Å². The molecule has 1 unspecified atom stereocenters. The van der Waals surface area contributed by atoms with E-state index in [1.165, 1.54) is 0 Å². The number of ether oxygens (including phenoxy) is 2. The van der Waals surface area contributed by atoms with Crippen molar-refractivity contribution in [3.05, 3.63) is 29.3 Å². The largest absolute Gasteiger partial charge is 0.482 e. The molecule has 1 aromatic carbocycles. The summed E-state index contributed by atoms with van der Waals surface area (Å²) in [7, 11) is 0. The average Bonchev–Trinajstić information content (AvgIpc) is 2.43. The molecular weight excluding hydrogens is 298 g/mol. The zero-order valence-electron chi connectivity index (χ0n) is 14.0. The molecule has 0 radical (unpaired) electrons. The molecule has 6 heteroatoms. The van der Waals surface area contributed by atoms with E-state index >= 15 is 0 Å². The van der Waals surface area contributed by atoms with Crippen molar-refractivity contribution in [2.45, 2.75) is 45.8 Å². The molecule has 0 aromatic heterocycles. The Balaban J connectivity index is 2.12. The molecule has 1 N–H and O–H groups in total. The molecule has 0 bridgehead atoms. The van der Waals surface area contributed by atoms with Gasteiger partial charge in [0.25, 0.3) is 0 Å². The van der Waals surface area contributed by atoms with Gasteiger partial charge in [0.1, 0.15) is 11.4 Å². The standard InChI is InChI=1S/C17H23NO5/c1-11-14-6-5-13(22-10-15(19)20)9-12(14)7-8-18(11)16(21)23-17(2,3)4/h5-6,9,11H,7-8,10H2,1-4H3,(H,19,20). The highest BCUT2D eigenvalue weighted by atomic mass is 16.6. The first-order valence-electron chi connectivity index (χ1n) is 7.64. The number of carboxylic acid groups (broad SMARTS) is 1. The molecule has 0 spiro atoms. The minimum atomic E-state index is -1.01. The van der Waals surface area contributed by atoms with Crippen LogP contribution in [0.1, 0.15) is 44.9 Å². The summed E-state index contributed by atoms with van der Waals surface area (Å²) in [6, 6.07) is 5.37. The molecule has 1 aliphatic heterocycles. The van der Waals surface area contributed by atoms with Gasteiger partial charge in [-0.15, -0.1) is 0 Å². The molecule has 23 heavy (non-hydrogen) atoms. The number of carbonyl (C=O) groups excluding carboxylic acids is 1.